The van der Waals surface area contributed by atoms with E-state index in [2.05, 4.69) is 0 Å². The third kappa shape index (κ3) is 6.64. The van der Waals surface area contributed by atoms with Crippen LogP contribution < -0.4 is 0 Å². The van der Waals surface area contributed by atoms with Gasteiger partial charge in [-0.25, -0.2) is 0 Å². The van der Waals surface area contributed by atoms with Crippen molar-refractivity contribution in [2.45, 2.75) is 149 Å². The Hall–Kier alpha value is -0.270. The summed E-state index contributed by atoms with van der Waals surface area (Å²) in [5.41, 5.74) is 0. The van der Waals surface area contributed by atoms with Gasteiger partial charge in [-0.2, -0.15) is 0 Å². The molecular weight excluding hydrogens is 584 g/mol. The second kappa shape index (κ2) is 13.2. The SMILES string of the molecule is CC1OC(OCC2OC(Cl)(OC3CC4C(O)CC(O)CC4OC3C3CCC(O)CC3)C(O)C(O)C2O)C(O)C(O)C1O. The fourth-order valence-electron chi connectivity index (χ4n) is 7.09. The average Bonchev–Trinajstić information content (AvgIpc) is 2.95. The normalized spacial score (nSPS) is 55.6. The van der Waals surface area contributed by atoms with E-state index in [1.165, 1.54) is 6.92 Å². The summed E-state index contributed by atoms with van der Waals surface area (Å²) in [5.74, 6) is -0.451. The van der Waals surface area contributed by atoms with Gasteiger partial charge in [0.25, 0.3) is 5.25 Å². The van der Waals surface area contributed by atoms with Crippen LogP contribution in [0, 0.1) is 11.8 Å². The van der Waals surface area contributed by atoms with Gasteiger partial charge in [-0.05, 0) is 57.8 Å². The maximum Gasteiger partial charge on any atom is 0.279 e. The van der Waals surface area contributed by atoms with E-state index in [0.29, 0.717) is 32.1 Å². The molecule has 0 aromatic rings. The second-order valence-corrected chi connectivity index (χ2v) is 13.2. The van der Waals surface area contributed by atoms with Crippen LogP contribution in [0.2, 0.25) is 0 Å². The van der Waals surface area contributed by atoms with Gasteiger partial charge in [0.05, 0.1) is 49.3 Å². The average molecular weight is 629 g/mol. The van der Waals surface area contributed by atoms with Crippen molar-refractivity contribution in [3.8, 4) is 0 Å². The fraction of sp³-hybridized carbons (Fsp3) is 1.00. The molecule has 3 saturated heterocycles. The van der Waals surface area contributed by atoms with Crippen molar-refractivity contribution in [2.24, 2.45) is 11.8 Å². The minimum Gasteiger partial charge on any atom is -0.393 e. The molecule has 0 aromatic heterocycles. The lowest BCUT2D eigenvalue weighted by molar-refractivity contribution is -0.363. The molecule has 0 spiro atoms. The predicted molar refractivity (Wildman–Crippen MR) is 141 cm³/mol. The molecule has 16 unspecified atom stereocenters. The van der Waals surface area contributed by atoms with Gasteiger partial charge in [-0.1, -0.05) is 11.6 Å². The maximum absolute atomic E-state index is 10.9. The van der Waals surface area contributed by atoms with E-state index >= 15 is 0 Å². The van der Waals surface area contributed by atoms with Gasteiger partial charge in [0.15, 0.2) is 12.4 Å². The molecule has 0 radical (unpaired) electrons. The first kappa shape index (κ1) is 33.1. The van der Waals surface area contributed by atoms with Crippen LogP contribution in [0.5, 0.6) is 0 Å². The van der Waals surface area contributed by atoms with Gasteiger partial charge in [0.2, 0.25) is 0 Å². The summed E-state index contributed by atoms with van der Waals surface area (Å²) >= 11 is 6.72. The first-order valence-electron chi connectivity index (χ1n) is 14.9. The summed E-state index contributed by atoms with van der Waals surface area (Å²) in [6, 6.07) is 0. The van der Waals surface area contributed by atoms with Crippen LogP contribution in [0.15, 0.2) is 0 Å². The van der Waals surface area contributed by atoms with Crippen molar-refractivity contribution < 1.29 is 69.6 Å². The molecule has 3 heterocycles. The molecule has 14 nitrogen and oxygen atoms in total. The molecule has 5 rings (SSSR count). The zero-order valence-electron chi connectivity index (χ0n) is 23.4. The molecule has 16 atom stereocenters. The monoisotopic (exact) mass is 628 g/mol. The Balaban J connectivity index is 1.32. The molecule has 9 N–H and O–H groups in total. The minimum atomic E-state index is -2.38. The minimum absolute atomic E-state index is 0.0556. The first-order valence-corrected chi connectivity index (χ1v) is 15.3. The van der Waals surface area contributed by atoms with E-state index < -0.39 is 110 Å². The first-order chi connectivity index (χ1) is 19.8. The molecule has 5 aliphatic rings. The van der Waals surface area contributed by atoms with Gasteiger partial charge in [0.1, 0.15) is 36.6 Å². The lowest BCUT2D eigenvalue weighted by Crippen LogP contribution is -2.66. The van der Waals surface area contributed by atoms with Crippen molar-refractivity contribution in [3.05, 3.63) is 0 Å². The van der Waals surface area contributed by atoms with Crippen LogP contribution in [0.3, 0.4) is 0 Å². The Morgan fingerprint density at radius 2 is 1.45 bits per heavy atom. The highest BCUT2D eigenvalue weighted by Crippen LogP contribution is 2.45. The molecule has 3 aliphatic heterocycles. The molecular formula is C27H45ClO14. The predicted octanol–water partition coefficient (Wildman–Crippen LogP) is -2.57. The number of fused-ring (bicyclic) bond motifs is 1. The summed E-state index contributed by atoms with van der Waals surface area (Å²) in [6.07, 6.45) is -14.3. The summed E-state index contributed by atoms with van der Waals surface area (Å²) < 4.78 is 29.4. The van der Waals surface area contributed by atoms with Crippen LogP contribution in [0.1, 0.15) is 51.9 Å². The topological polar surface area (TPSA) is 228 Å². The van der Waals surface area contributed by atoms with Crippen molar-refractivity contribution in [3.63, 3.8) is 0 Å². The highest BCUT2D eigenvalue weighted by molar-refractivity contribution is 6.22. The van der Waals surface area contributed by atoms with Crippen molar-refractivity contribution >= 4 is 11.6 Å². The molecule has 15 heteroatoms. The summed E-state index contributed by atoms with van der Waals surface area (Å²) in [6.45, 7) is 0.969. The lowest BCUT2D eigenvalue weighted by Gasteiger charge is -2.52. The van der Waals surface area contributed by atoms with Gasteiger partial charge >= 0.3 is 0 Å². The number of alkyl halides is 1. The fourth-order valence-corrected chi connectivity index (χ4v) is 7.45. The van der Waals surface area contributed by atoms with Crippen molar-refractivity contribution in [2.75, 3.05) is 6.61 Å². The van der Waals surface area contributed by atoms with Crippen LogP contribution >= 0.6 is 11.6 Å². The van der Waals surface area contributed by atoms with E-state index in [9.17, 15) is 46.0 Å². The Morgan fingerprint density at radius 1 is 0.762 bits per heavy atom. The number of aliphatic hydroxyl groups excluding tert-OH is 9. The van der Waals surface area contributed by atoms with E-state index in [1.807, 2.05) is 0 Å². The molecule has 0 bridgehead atoms. The smallest absolute Gasteiger partial charge is 0.279 e. The van der Waals surface area contributed by atoms with Crippen molar-refractivity contribution in [1.29, 1.82) is 0 Å². The number of rotatable bonds is 6. The van der Waals surface area contributed by atoms with E-state index in [1.54, 1.807) is 0 Å². The standard InChI is InChI=1S/C27H45ClO14/c1-10-19(32)21(34)23(36)26(39-10)38-9-18-20(33)22(35)25(37)27(28,42-18)41-17-8-14-15(31)6-13(30)7-16(14)40-24(17)11-2-4-12(29)5-3-11/h10-26,29-37H,2-9H2,1H3. The third-order valence-corrected chi connectivity index (χ3v) is 10.1. The molecule has 0 aromatic carbocycles. The molecule has 2 aliphatic carbocycles. The molecule has 2 saturated carbocycles. The molecule has 244 valence electrons. The molecule has 42 heavy (non-hydrogen) atoms. The summed E-state index contributed by atoms with van der Waals surface area (Å²) in [5, 5.41) is 91.2. The number of ether oxygens (including phenoxy) is 5. The van der Waals surface area contributed by atoms with E-state index in [-0.39, 0.29) is 18.8 Å². The summed E-state index contributed by atoms with van der Waals surface area (Å²) in [7, 11) is 0. The van der Waals surface area contributed by atoms with Crippen LogP contribution in [-0.2, 0) is 23.7 Å². The third-order valence-electron chi connectivity index (χ3n) is 9.66. The highest BCUT2D eigenvalue weighted by atomic mass is 35.5. The summed E-state index contributed by atoms with van der Waals surface area (Å²) in [4.78, 5) is 0. The second-order valence-electron chi connectivity index (χ2n) is 12.6. The molecule has 5 fully saturated rings. The van der Waals surface area contributed by atoms with Gasteiger partial charge in [0, 0.05) is 5.92 Å². The van der Waals surface area contributed by atoms with E-state index in [0.717, 1.165) is 0 Å². The Kier molecular flexibility index (Phi) is 10.4. The lowest BCUT2D eigenvalue weighted by atomic mass is 9.73. The number of hydrogen-bond donors (Lipinski definition) is 9. The number of hydrogen-bond acceptors (Lipinski definition) is 14. The maximum atomic E-state index is 10.9. The van der Waals surface area contributed by atoms with E-state index in [4.69, 9.17) is 35.3 Å². The highest BCUT2D eigenvalue weighted by Gasteiger charge is 2.58. The van der Waals surface area contributed by atoms with Gasteiger partial charge in [-0.15, -0.1) is 0 Å². The van der Waals surface area contributed by atoms with Crippen molar-refractivity contribution in [1.82, 2.24) is 0 Å². The Morgan fingerprint density at radius 3 is 2.14 bits per heavy atom. The van der Waals surface area contributed by atoms with Gasteiger partial charge < -0.3 is 69.6 Å². The van der Waals surface area contributed by atoms with Crippen LogP contribution in [0.25, 0.3) is 0 Å². The number of aliphatic hydroxyl groups is 9. The zero-order chi connectivity index (χ0) is 30.5. The quantitative estimate of drug-likeness (QED) is 0.138. The largest absolute Gasteiger partial charge is 0.393 e. The number of halogens is 1. The van der Waals surface area contributed by atoms with Gasteiger partial charge in [-0.3, -0.25) is 0 Å². The Labute approximate surface area is 248 Å². The van der Waals surface area contributed by atoms with Crippen LogP contribution in [0.4, 0.5) is 0 Å². The van der Waals surface area contributed by atoms with Crippen LogP contribution in [-0.4, -0.2) is 150 Å². The molecule has 0 amide bonds. The zero-order valence-corrected chi connectivity index (χ0v) is 24.2. The Bertz CT molecular complexity index is 895.